The molecule has 0 aromatic carbocycles. The normalized spacial score (nSPS) is 14.5. The lowest BCUT2D eigenvalue weighted by atomic mass is 10.1. The van der Waals surface area contributed by atoms with Gasteiger partial charge in [0.05, 0.1) is 0 Å². The zero-order valence-electron chi connectivity index (χ0n) is 8.72. The minimum Gasteiger partial charge on any atom is -0.306 e. The minimum atomic E-state index is 0.795. The van der Waals surface area contributed by atoms with Gasteiger partial charge in [-0.1, -0.05) is 34.1 Å². The summed E-state index contributed by atoms with van der Waals surface area (Å²) in [6.45, 7) is 11.6. The van der Waals surface area contributed by atoms with Gasteiger partial charge in [-0.15, -0.1) is 0 Å². The first kappa shape index (κ1) is 11.0. The lowest BCUT2D eigenvalue weighted by Gasteiger charge is -2.21. The molecule has 0 rings (SSSR count). The average Bonchev–Trinajstić information content (AvgIpc) is 1.85. The number of rotatable bonds is 5. The van der Waals surface area contributed by atoms with Crippen LogP contribution in [0.4, 0.5) is 0 Å². The molecule has 0 fully saturated rings. The molecule has 0 aromatic heterocycles. The van der Waals surface area contributed by atoms with E-state index < -0.39 is 0 Å². The second-order valence-electron chi connectivity index (χ2n) is 4.13. The van der Waals surface area contributed by atoms with Crippen molar-refractivity contribution in [1.82, 2.24) is 4.90 Å². The highest BCUT2D eigenvalue weighted by atomic mass is 15.1. The third-order valence-electron chi connectivity index (χ3n) is 2.00. The average molecular weight is 157 g/mol. The zero-order valence-corrected chi connectivity index (χ0v) is 8.72. The van der Waals surface area contributed by atoms with E-state index in [1.165, 1.54) is 19.5 Å². The molecule has 1 nitrogen and oxygen atoms in total. The molecule has 0 aliphatic carbocycles. The van der Waals surface area contributed by atoms with Crippen molar-refractivity contribution in [3.8, 4) is 0 Å². The summed E-state index contributed by atoms with van der Waals surface area (Å²) in [6, 6.07) is 0. The molecule has 1 heteroatoms. The van der Waals surface area contributed by atoms with E-state index in [2.05, 4.69) is 39.6 Å². The SMILES string of the molecule is CCC(C)CN(C)CC(C)C. The van der Waals surface area contributed by atoms with Gasteiger partial charge >= 0.3 is 0 Å². The monoisotopic (exact) mass is 157 g/mol. The minimum absolute atomic E-state index is 0.795. The van der Waals surface area contributed by atoms with Crippen molar-refractivity contribution in [3.05, 3.63) is 0 Å². The third-order valence-corrected chi connectivity index (χ3v) is 2.00. The molecule has 0 heterocycles. The fourth-order valence-corrected chi connectivity index (χ4v) is 1.36. The zero-order chi connectivity index (χ0) is 8.85. The van der Waals surface area contributed by atoms with E-state index >= 15 is 0 Å². The molecular formula is C10H23N. The van der Waals surface area contributed by atoms with E-state index in [4.69, 9.17) is 0 Å². The van der Waals surface area contributed by atoms with E-state index in [9.17, 15) is 0 Å². The van der Waals surface area contributed by atoms with Crippen LogP contribution in [0.3, 0.4) is 0 Å². The number of hydrogen-bond acceptors (Lipinski definition) is 1. The van der Waals surface area contributed by atoms with Crippen LogP contribution >= 0.6 is 0 Å². The first-order valence-corrected chi connectivity index (χ1v) is 4.74. The van der Waals surface area contributed by atoms with Crippen molar-refractivity contribution in [2.45, 2.75) is 34.1 Å². The maximum Gasteiger partial charge on any atom is 0.000398 e. The van der Waals surface area contributed by atoms with Gasteiger partial charge in [-0.3, -0.25) is 0 Å². The van der Waals surface area contributed by atoms with E-state index in [1.807, 2.05) is 0 Å². The fourth-order valence-electron chi connectivity index (χ4n) is 1.36. The molecule has 0 N–H and O–H groups in total. The summed E-state index contributed by atoms with van der Waals surface area (Å²) in [4.78, 5) is 2.43. The van der Waals surface area contributed by atoms with Crippen LogP contribution in [-0.2, 0) is 0 Å². The van der Waals surface area contributed by atoms with Gasteiger partial charge in [0.15, 0.2) is 0 Å². The van der Waals surface area contributed by atoms with Gasteiger partial charge in [-0.05, 0) is 18.9 Å². The van der Waals surface area contributed by atoms with Crippen molar-refractivity contribution in [1.29, 1.82) is 0 Å². The molecule has 0 bridgehead atoms. The lowest BCUT2D eigenvalue weighted by molar-refractivity contribution is 0.255. The highest BCUT2D eigenvalue weighted by molar-refractivity contribution is 4.58. The van der Waals surface area contributed by atoms with Crippen LogP contribution in [0.2, 0.25) is 0 Å². The summed E-state index contributed by atoms with van der Waals surface area (Å²) >= 11 is 0. The van der Waals surface area contributed by atoms with Crippen LogP contribution in [0.1, 0.15) is 34.1 Å². The topological polar surface area (TPSA) is 3.24 Å². The maximum absolute atomic E-state index is 2.43. The Morgan fingerprint density at radius 1 is 1.09 bits per heavy atom. The van der Waals surface area contributed by atoms with Crippen LogP contribution in [0.15, 0.2) is 0 Å². The Morgan fingerprint density at radius 3 is 2.00 bits per heavy atom. The Balaban J connectivity index is 3.43. The lowest BCUT2D eigenvalue weighted by Crippen LogP contribution is -2.27. The van der Waals surface area contributed by atoms with Gasteiger partial charge in [0.2, 0.25) is 0 Å². The summed E-state index contributed by atoms with van der Waals surface area (Å²) in [5, 5.41) is 0. The molecule has 11 heavy (non-hydrogen) atoms. The third kappa shape index (κ3) is 6.36. The van der Waals surface area contributed by atoms with Crippen molar-refractivity contribution in [3.63, 3.8) is 0 Å². The van der Waals surface area contributed by atoms with Crippen molar-refractivity contribution in [2.24, 2.45) is 11.8 Å². The van der Waals surface area contributed by atoms with Crippen molar-refractivity contribution >= 4 is 0 Å². The van der Waals surface area contributed by atoms with E-state index in [1.54, 1.807) is 0 Å². The molecule has 0 amide bonds. The molecular weight excluding hydrogens is 134 g/mol. The number of nitrogens with zero attached hydrogens (tertiary/aromatic N) is 1. The van der Waals surface area contributed by atoms with Gasteiger partial charge in [0.25, 0.3) is 0 Å². The van der Waals surface area contributed by atoms with Crippen molar-refractivity contribution in [2.75, 3.05) is 20.1 Å². The molecule has 1 atom stereocenters. The molecule has 0 aromatic rings. The Kier molecular flexibility index (Phi) is 5.57. The molecule has 68 valence electrons. The Hall–Kier alpha value is -0.0400. The molecule has 0 aliphatic rings. The smallest absolute Gasteiger partial charge is 0.000398 e. The number of hydrogen-bond donors (Lipinski definition) is 0. The van der Waals surface area contributed by atoms with E-state index in [0.29, 0.717) is 0 Å². The van der Waals surface area contributed by atoms with Gasteiger partial charge in [-0.2, -0.15) is 0 Å². The molecule has 0 saturated heterocycles. The molecule has 0 aliphatic heterocycles. The largest absolute Gasteiger partial charge is 0.306 e. The van der Waals surface area contributed by atoms with Crippen molar-refractivity contribution < 1.29 is 0 Å². The quantitative estimate of drug-likeness (QED) is 0.593. The van der Waals surface area contributed by atoms with E-state index in [0.717, 1.165) is 11.8 Å². The highest BCUT2D eigenvalue weighted by Crippen LogP contribution is 2.04. The Labute approximate surface area is 71.8 Å². The predicted octanol–water partition coefficient (Wildman–Crippen LogP) is 2.62. The summed E-state index contributed by atoms with van der Waals surface area (Å²) in [5.41, 5.74) is 0. The summed E-state index contributed by atoms with van der Waals surface area (Å²) < 4.78 is 0. The van der Waals surface area contributed by atoms with Gasteiger partial charge in [0, 0.05) is 13.1 Å². The first-order valence-electron chi connectivity index (χ1n) is 4.74. The van der Waals surface area contributed by atoms with Gasteiger partial charge < -0.3 is 4.90 Å². The van der Waals surface area contributed by atoms with Crippen LogP contribution in [-0.4, -0.2) is 25.0 Å². The van der Waals surface area contributed by atoms with Gasteiger partial charge in [0.1, 0.15) is 0 Å². The second-order valence-corrected chi connectivity index (χ2v) is 4.13. The Morgan fingerprint density at radius 2 is 1.64 bits per heavy atom. The maximum atomic E-state index is 2.43. The van der Waals surface area contributed by atoms with Crippen LogP contribution in [0.25, 0.3) is 0 Å². The predicted molar refractivity (Wildman–Crippen MR) is 51.8 cm³/mol. The molecule has 0 radical (unpaired) electrons. The van der Waals surface area contributed by atoms with Crippen LogP contribution in [0, 0.1) is 11.8 Å². The summed E-state index contributed by atoms with van der Waals surface area (Å²) in [6.07, 6.45) is 1.29. The molecule has 0 saturated carbocycles. The Bertz CT molecular complexity index is 88.9. The summed E-state index contributed by atoms with van der Waals surface area (Å²) in [5.74, 6) is 1.64. The van der Waals surface area contributed by atoms with Crippen LogP contribution < -0.4 is 0 Å². The summed E-state index contributed by atoms with van der Waals surface area (Å²) in [7, 11) is 2.21. The standard InChI is InChI=1S/C10H23N/c1-6-10(4)8-11(5)7-9(2)3/h9-10H,6-8H2,1-5H3. The van der Waals surface area contributed by atoms with E-state index in [-0.39, 0.29) is 0 Å². The highest BCUT2D eigenvalue weighted by Gasteiger charge is 2.05. The molecule has 1 unspecified atom stereocenters. The fraction of sp³-hybridized carbons (Fsp3) is 1.00. The van der Waals surface area contributed by atoms with Crippen LogP contribution in [0.5, 0.6) is 0 Å². The first-order chi connectivity index (χ1) is 5.06. The molecule has 0 spiro atoms. The van der Waals surface area contributed by atoms with Gasteiger partial charge in [-0.25, -0.2) is 0 Å². The second kappa shape index (κ2) is 5.59.